The summed E-state index contributed by atoms with van der Waals surface area (Å²) in [6, 6.07) is 7.03. The maximum absolute atomic E-state index is 5.50. The van der Waals surface area contributed by atoms with E-state index in [1.54, 1.807) is 14.2 Å². The van der Waals surface area contributed by atoms with Gasteiger partial charge in [0.2, 0.25) is 0 Å². The summed E-state index contributed by atoms with van der Waals surface area (Å²) in [5.74, 6) is 0. The molecule has 0 radical (unpaired) electrons. The molecule has 0 saturated carbocycles. The summed E-state index contributed by atoms with van der Waals surface area (Å²) in [4.78, 5) is 2.31. The van der Waals surface area contributed by atoms with Gasteiger partial charge in [0.25, 0.3) is 0 Å². The Labute approximate surface area is 135 Å². The molecular formula is C16H25BrN2O2. The molecule has 1 aliphatic rings. The van der Waals surface area contributed by atoms with Crippen LogP contribution in [0.5, 0.6) is 0 Å². The molecule has 1 saturated heterocycles. The smallest absolute Gasteiger partial charge is 0.102 e. The molecule has 0 aromatic heterocycles. The van der Waals surface area contributed by atoms with Crippen LogP contribution in [0.2, 0.25) is 0 Å². The van der Waals surface area contributed by atoms with Gasteiger partial charge in [0.1, 0.15) is 12.2 Å². The molecule has 2 unspecified atom stereocenters. The lowest BCUT2D eigenvalue weighted by molar-refractivity contribution is -0.00461. The number of hydrogen-bond donors (Lipinski definition) is 1. The van der Waals surface area contributed by atoms with E-state index in [4.69, 9.17) is 9.47 Å². The summed E-state index contributed by atoms with van der Waals surface area (Å²) in [7, 11) is 3.49. The summed E-state index contributed by atoms with van der Waals surface area (Å²) >= 11 is 3.70. The van der Waals surface area contributed by atoms with E-state index < -0.39 is 0 Å². The highest BCUT2D eigenvalue weighted by Crippen LogP contribution is 2.31. The second-order valence-electron chi connectivity index (χ2n) is 5.77. The number of hydrogen-bond acceptors (Lipinski definition) is 4. The SMILES string of the molecule is COC1CN(c2ccc(CNC(C)C)cc2Br)CC1OC. The first-order chi connectivity index (χ1) is 10.0. The monoisotopic (exact) mass is 356 g/mol. The number of halogens is 1. The van der Waals surface area contributed by atoms with Crippen LogP contribution in [-0.4, -0.2) is 45.6 Å². The van der Waals surface area contributed by atoms with Gasteiger partial charge >= 0.3 is 0 Å². The number of benzene rings is 1. The molecule has 1 N–H and O–H groups in total. The first kappa shape index (κ1) is 16.7. The standard InChI is InChI=1S/C16H25BrN2O2/c1-11(2)18-8-12-5-6-14(13(17)7-12)19-9-15(20-3)16(10-19)21-4/h5-7,11,15-16,18H,8-10H2,1-4H3. The molecule has 1 fully saturated rings. The molecule has 2 rings (SSSR count). The van der Waals surface area contributed by atoms with Gasteiger partial charge < -0.3 is 19.7 Å². The van der Waals surface area contributed by atoms with Gasteiger partial charge in [-0.15, -0.1) is 0 Å². The fraction of sp³-hybridized carbons (Fsp3) is 0.625. The van der Waals surface area contributed by atoms with Crippen molar-refractivity contribution in [1.82, 2.24) is 5.32 Å². The Morgan fingerprint density at radius 2 is 1.86 bits per heavy atom. The lowest BCUT2D eigenvalue weighted by atomic mass is 10.2. The number of anilines is 1. The normalized spacial score (nSPS) is 22.3. The first-order valence-electron chi connectivity index (χ1n) is 7.37. The second kappa shape index (κ2) is 7.58. The average molecular weight is 357 g/mol. The maximum atomic E-state index is 5.50. The molecule has 21 heavy (non-hydrogen) atoms. The third-order valence-electron chi connectivity index (χ3n) is 3.89. The highest BCUT2D eigenvalue weighted by atomic mass is 79.9. The van der Waals surface area contributed by atoms with Gasteiger partial charge in [-0.25, -0.2) is 0 Å². The van der Waals surface area contributed by atoms with Crippen molar-refractivity contribution in [3.63, 3.8) is 0 Å². The Hall–Kier alpha value is -0.620. The molecule has 118 valence electrons. The topological polar surface area (TPSA) is 33.7 Å². The fourth-order valence-corrected chi connectivity index (χ4v) is 3.31. The van der Waals surface area contributed by atoms with Gasteiger partial charge in [0.05, 0.1) is 5.69 Å². The zero-order chi connectivity index (χ0) is 15.4. The minimum absolute atomic E-state index is 0.129. The van der Waals surface area contributed by atoms with E-state index >= 15 is 0 Å². The van der Waals surface area contributed by atoms with Crippen molar-refractivity contribution in [3.8, 4) is 0 Å². The molecule has 5 heteroatoms. The number of ether oxygens (including phenoxy) is 2. The number of nitrogens with zero attached hydrogens (tertiary/aromatic N) is 1. The molecule has 1 aromatic rings. The highest BCUT2D eigenvalue weighted by Gasteiger charge is 2.33. The molecule has 0 aliphatic carbocycles. The Bertz CT molecular complexity index is 456. The van der Waals surface area contributed by atoms with Crippen LogP contribution in [0.4, 0.5) is 5.69 Å². The van der Waals surface area contributed by atoms with Gasteiger partial charge in [0, 0.05) is 44.4 Å². The molecule has 0 amide bonds. The van der Waals surface area contributed by atoms with E-state index in [9.17, 15) is 0 Å². The van der Waals surface area contributed by atoms with Crippen molar-refractivity contribution < 1.29 is 9.47 Å². The van der Waals surface area contributed by atoms with Crippen LogP contribution in [0.3, 0.4) is 0 Å². The van der Waals surface area contributed by atoms with E-state index in [1.807, 2.05) is 0 Å². The number of rotatable bonds is 6. The molecule has 1 aliphatic heterocycles. The van der Waals surface area contributed by atoms with Crippen LogP contribution >= 0.6 is 15.9 Å². The van der Waals surface area contributed by atoms with Gasteiger partial charge in [-0.05, 0) is 33.6 Å². The van der Waals surface area contributed by atoms with Gasteiger partial charge in [-0.1, -0.05) is 19.9 Å². The molecule has 4 nitrogen and oxygen atoms in total. The van der Waals surface area contributed by atoms with E-state index in [2.05, 4.69) is 58.2 Å². The Balaban J connectivity index is 2.07. The molecular weight excluding hydrogens is 332 g/mol. The molecule has 0 bridgehead atoms. The maximum Gasteiger partial charge on any atom is 0.102 e. The zero-order valence-electron chi connectivity index (χ0n) is 13.2. The third kappa shape index (κ3) is 4.19. The lowest BCUT2D eigenvalue weighted by Crippen LogP contribution is -2.27. The fourth-order valence-electron chi connectivity index (χ4n) is 2.63. The van der Waals surface area contributed by atoms with Crippen molar-refractivity contribution >= 4 is 21.6 Å². The first-order valence-corrected chi connectivity index (χ1v) is 8.16. The van der Waals surface area contributed by atoms with Gasteiger partial charge in [-0.3, -0.25) is 0 Å². The van der Waals surface area contributed by atoms with Crippen LogP contribution in [0.1, 0.15) is 19.4 Å². The van der Waals surface area contributed by atoms with E-state index in [1.165, 1.54) is 11.3 Å². The van der Waals surface area contributed by atoms with Crippen molar-refractivity contribution in [1.29, 1.82) is 0 Å². The Kier molecular flexibility index (Phi) is 6.05. The molecule has 1 aromatic carbocycles. The third-order valence-corrected chi connectivity index (χ3v) is 4.52. The summed E-state index contributed by atoms with van der Waals surface area (Å²) in [6.45, 7) is 6.92. The van der Waals surface area contributed by atoms with E-state index in [-0.39, 0.29) is 12.2 Å². The summed E-state index contributed by atoms with van der Waals surface area (Å²) in [5.41, 5.74) is 2.48. The van der Waals surface area contributed by atoms with Crippen molar-refractivity contribution in [2.24, 2.45) is 0 Å². The van der Waals surface area contributed by atoms with Crippen LogP contribution in [0.15, 0.2) is 22.7 Å². The largest absolute Gasteiger partial charge is 0.377 e. The highest BCUT2D eigenvalue weighted by molar-refractivity contribution is 9.10. The summed E-state index contributed by atoms with van der Waals surface area (Å²) < 4.78 is 12.1. The zero-order valence-corrected chi connectivity index (χ0v) is 14.8. The van der Waals surface area contributed by atoms with E-state index in [0.29, 0.717) is 6.04 Å². The lowest BCUT2D eigenvalue weighted by Gasteiger charge is -2.20. The molecule has 2 atom stereocenters. The van der Waals surface area contributed by atoms with Crippen LogP contribution in [0, 0.1) is 0 Å². The Morgan fingerprint density at radius 3 is 2.33 bits per heavy atom. The summed E-state index contributed by atoms with van der Waals surface area (Å²) in [5, 5.41) is 3.44. The van der Waals surface area contributed by atoms with E-state index in [0.717, 1.165) is 24.1 Å². The molecule has 0 spiro atoms. The quantitative estimate of drug-likeness (QED) is 0.849. The van der Waals surface area contributed by atoms with Crippen LogP contribution in [0.25, 0.3) is 0 Å². The number of methoxy groups -OCH3 is 2. The number of nitrogens with one attached hydrogen (secondary N) is 1. The van der Waals surface area contributed by atoms with Crippen molar-refractivity contribution in [3.05, 3.63) is 28.2 Å². The van der Waals surface area contributed by atoms with Crippen LogP contribution < -0.4 is 10.2 Å². The Morgan fingerprint density at radius 1 is 1.24 bits per heavy atom. The van der Waals surface area contributed by atoms with Crippen LogP contribution in [-0.2, 0) is 16.0 Å². The van der Waals surface area contributed by atoms with Gasteiger partial charge in [0.15, 0.2) is 0 Å². The average Bonchev–Trinajstić information content (AvgIpc) is 2.88. The predicted octanol–water partition coefficient (Wildman–Crippen LogP) is 2.80. The minimum Gasteiger partial charge on any atom is -0.377 e. The predicted molar refractivity (Wildman–Crippen MR) is 89.9 cm³/mol. The van der Waals surface area contributed by atoms with Crippen molar-refractivity contribution in [2.45, 2.75) is 38.6 Å². The van der Waals surface area contributed by atoms with Gasteiger partial charge in [-0.2, -0.15) is 0 Å². The van der Waals surface area contributed by atoms with Crippen molar-refractivity contribution in [2.75, 3.05) is 32.2 Å². The summed E-state index contributed by atoms with van der Waals surface area (Å²) in [6.07, 6.45) is 0.258. The minimum atomic E-state index is 0.129. The second-order valence-corrected chi connectivity index (χ2v) is 6.63. The molecule has 1 heterocycles.